The number of nitrogens with zero attached hydrogens (tertiary/aromatic N) is 2. The van der Waals surface area contributed by atoms with Crippen LogP contribution in [0.1, 0.15) is 11.1 Å². The first-order valence-corrected chi connectivity index (χ1v) is 9.29. The fraction of sp³-hybridized carbons (Fsp3) is 0.125. The van der Waals surface area contributed by atoms with Crippen molar-refractivity contribution in [3.05, 3.63) is 65.0 Å². The average Bonchev–Trinajstić information content (AvgIpc) is 3.08. The van der Waals surface area contributed by atoms with Gasteiger partial charge in [-0.3, -0.25) is 0 Å². The molecule has 0 radical (unpaired) electrons. The molecule has 1 heterocycles. The normalized spacial score (nSPS) is 11.5. The lowest BCUT2D eigenvalue weighted by atomic mass is 10.1. The number of sulfonamides is 1. The molecule has 0 amide bonds. The van der Waals surface area contributed by atoms with E-state index in [9.17, 15) is 8.42 Å². The van der Waals surface area contributed by atoms with Gasteiger partial charge in [-0.05, 0) is 36.2 Å². The van der Waals surface area contributed by atoms with Crippen molar-refractivity contribution in [1.29, 1.82) is 0 Å². The molecular formula is C16H15N3O2S2. The molecule has 0 unspecified atom stereocenters. The van der Waals surface area contributed by atoms with Gasteiger partial charge in [0.15, 0.2) is 0 Å². The molecule has 1 N–H and O–H groups in total. The Balaban J connectivity index is 1.69. The molecule has 1 aromatic heterocycles. The van der Waals surface area contributed by atoms with E-state index in [1.807, 2.05) is 36.6 Å². The van der Waals surface area contributed by atoms with Crippen LogP contribution in [0.3, 0.4) is 0 Å². The van der Waals surface area contributed by atoms with Gasteiger partial charge in [0, 0.05) is 17.5 Å². The summed E-state index contributed by atoms with van der Waals surface area (Å²) in [4.78, 5) is 0.272. The summed E-state index contributed by atoms with van der Waals surface area (Å²) in [5.41, 5.74) is 3.69. The molecule has 3 rings (SSSR count). The maximum atomic E-state index is 12.2. The van der Waals surface area contributed by atoms with E-state index in [0.717, 1.165) is 22.4 Å². The molecular weight excluding hydrogens is 330 g/mol. The summed E-state index contributed by atoms with van der Waals surface area (Å²) in [6, 6.07) is 14.4. The topological polar surface area (TPSA) is 72.0 Å². The minimum Gasteiger partial charge on any atom is -0.207 e. The van der Waals surface area contributed by atoms with Gasteiger partial charge in [0.25, 0.3) is 0 Å². The quantitative estimate of drug-likeness (QED) is 0.771. The van der Waals surface area contributed by atoms with Crippen molar-refractivity contribution in [2.45, 2.75) is 18.4 Å². The smallest absolute Gasteiger partial charge is 0.207 e. The number of hydrogen-bond donors (Lipinski definition) is 1. The Kier molecular flexibility index (Phi) is 4.51. The van der Waals surface area contributed by atoms with E-state index < -0.39 is 10.0 Å². The van der Waals surface area contributed by atoms with Crippen LogP contribution in [-0.4, -0.2) is 18.0 Å². The second-order valence-electron chi connectivity index (χ2n) is 5.12. The van der Waals surface area contributed by atoms with Crippen molar-refractivity contribution in [2.24, 2.45) is 0 Å². The molecule has 0 saturated carbocycles. The predicted molar refractivity (Wildman–Crippen MR) is 90.5 cm³/mol. The van der Waals surface area contributed by atoms with E-state index in [2.05, 4.69) is 14.3 Å². The highest BCUT2D eigenvalue weighted by molar-refractivity contribution is 7.89. The van der Waals surface area contributed by atoms with Crippen LogP contribution in [0.5, 0.6) is 0 Å². The maximum absolute atomic E-state index is 12.2. The van der Waals surface area contributed by atoms with Crippen LogP contribution < -0.4 is 4.72 Å². The van der Waals surface area contributed by atoms with Crippen LogP contribution >= 0.6 is 11.5 Å². The number of benzene rings is 2. The average molecular weight is 345 g/mol. The Morgan fingerprint density at radius 3 is 2.35 bits per heavy atom. The largest absolute Gasteiger partial charge is 0.240 e. The summed E-state index contributed by atoms with van der Waals surface area (Å²) in [5, 5.41) is 5.88. The molecule has 0 aliphatic rings. The molecule has 0 aliphatic carbocycles. The first-order chi connectivity index (χ1) is 11.0. The molecule has 7 heteroatoms. The van der Waals surface area contributed by atoms with E-state index >= 15 is 0 Å². The van der Waals surface area contributed by atoms with Gasteiger partial charge in [-0.15, -0.1) is 5.10 Å². The van der Waals surface area contributed by atoms with Gasteiger partial charge >= 0.3 is 0 Å². The predicted octanol–water partition coefficient (Wildman–Crippen LogP) is 2.99. The van der Waals surface area contributed by atoms with Crippen LogP contribution in [0.25, 0.3) is 11.3 Å². The van der Waals surface area contributed by atoms with Crippen molar-refractivity contribution >= 4 is 21.6 Å². The van der Waals surface area contributed by atoms with E-state index in [1.54, 1.807) is 24.3 Å². The van der Waals surface area contributed by atoms with Gasteiger partial charge in [0.1, 0.15) is 5.69 Å². The van der Waals surface area contributed by atoms with Crippen molar-refractivity contribution < 1.29 is 8.42 Å². The number of aromatic nitrogens is 2. The standard InChI is InChI=1S/C16H15N3O2S2/c1-12-2-8-15(9-3-12)23(20,21)17-10-13-4-6-14(7-5-13)16-11-22-19-18-16/h2-9,11,17H,10H2,1H3. The van der Waals surface area contributed by atoms with E-state index in [-0.39, 0.29) is 11.4 Å². The molecule has 0 bridgehead atoms. The highest BCUT2D eigenvalue weighted by Gasteiger charge is 2.13. The van der Waals surface area contributed by atoms with Crippen molar-refractivity contribution in [3.8, 4) is 11.3 Å². The molecule has 0 spiro atoms. The van der Waals surface area contributed by atoms with Crippen LogP contribution in [-0.2, 0) is 16.6 Å². The van der Waals surface area contributed by atoms with E-state index in [0.29, 0.717) is 0 Å². The lowest BCUT2D eigenvalue weighted by Gasteiger charge is -2.07. The maximum Gasteiger partial charge on any atom is 0.240 e. The Morgan fingerprint density at radius 2 is 1.74 bits per heavy atom. The summed E-state index contributed by atoms with van der Waals surface area (Å²) >= 11 is 1.30. The third-order valence-electron chi connectivity index (χ3n) is 3.41. The van der Waals surface area contributed by atoms with Gasteiger partial charge in [-0.2, -0.15) is 0 Å². The monoisotopic (exact) mass is 345 g/mol. The van der Waals surface area contributed by atoms with Gasteiger partial charge in [0.2, 0.25) is 10.0 Å². The molecule has 5 nitrogen and oxygen atoms in total. The second-order valence-corrected chi connectivity index (χ2v) is 7.50. The van der Waals surface area contributed by atoms with Crippen molar-refractivity contribution in [1.82, 2.24) is 14.3 Å². The zero-order valence-corrected chi connectivity index (χ0v) is 14.1. The Bertz CT molecular complexity index is 872. The SMILES string of the molecule is Cc1ccc(S(=O)(=O)NCc2ccc(-c3csnn3)cc2)cc1. The van der Waals surface area contributed by atoms with Crippen LogP contribution in [0, 0.1) is 6.92 Å². The third kappa shape index (κ3) is 3.82. The van der Waals surface area contributed by atoms with Crippen molar-refractivity contribution in [3.63, 3.8) is 0 Å². The first kappa shape index (κ1) is 15.8. The van der Waals surface area contributed by atoms with Crippen LogP contribution in [0.2, 0.25) is 0 Å². The Hall–Kier alpha value is -2.09. The second kappa shape index (κ2) is 6.57. The van der Waals surface area contributed by atoms with Crippen LogP contribution in [0.4, 0.5) is 0 Å². The van der Waals surface area contributed by atoms with Crippen LogP contribution in [0.15, 0.2) is 58.8 Å². The molecule has 0 fully saturated rings. The summed E-state index contributed by atoms with van der Waals surface area (Å²) in [5.74, 6) is 0. The van der Waals surface area contributed by atoms with Gasteiger partial charge in [-0.25, -0.2) is 13.1 Å². The number of nitrogens with one attached hydrogen (secondary N) is 1. The summed E-state index contributed by atoms with van der Waals surface area (Å²) in [6.07, 6.45) is 0. The first-order valence-electron chi connectivity index (χ1n) is 6.97. The highest BCUT2D eigenvalue weighted by atomic mass is 32.2. The number of hydrogen-bond acceptors (Lipinski definition) is 5. The number of aryl methyl sites for hydroxylation is 1. The molecule has 0 saturated heterocycles. The minimum atomic E-state index is -3.50. The zero-order valence-electron chi connectivity index (χ0n) is 12.4. The Morgan fingerprint density at radius 1 is 1.04 bits per heavy atom. The molecule has 0 atom stereocenters. The van der Waals surface area contributed by atoms with Gasteiger partial charge in [-0.1, -0.05) is 46.4 Å². The van der Waals surface area contributed by atoms with E-state index in [1.165, 1.54) is 11.5 Å². The fourth-order valence-corrected chi connectivity index (χ4v) is 3.55. The van der Waals surface area contributed by atoms with Gasteiger partial charge < -0.3 is 0 Å². The van der Waals surface area contributed by atoms with Crippen molar-refractivity contribution in [2.75, 3.05) is 0 Å². The minimum absolute atomic E-state index is 0.242. The molecule has 0 aliphatic heterocycles. The summed E-state index contributed by atoms with van der Waals surface area (Å²) in [7, 11) is -3.50. The molecule has 2 aromatic carbocycles. The third-order valence-corrected chi connectivity index (χ3v) is 5.33. The Labute approximate surface area is 139 Å². The highest BCUT2D eigenvalue weighted by Crippen LogP contribution is 2.18. The molecule has 118 valence electrons. The fourth-order valence-electron chi connectivity index (χ4n) is 2.06. The van der Waals surface area contributed by atoms with E-state index in [4.69, 9.17) is 0 Å². The molecule has 3 aromatic rings. The lowest BCUT2D eigenvalue weighted by Crippen LogP contribution is -2.23. The molecule has 23 heavy (non-hydrogen) atoms. The summed E-state index contributed by atoms with van der Waals surface area (Å²) < 4.78 is 30.9. The lowest BCUT2D eigenvalue weighted by molar-refractivity contribution is 0.581. The van der Waals surface area contributed by atoms with Gasteiger partial charge in [0.05, 0.1) is 4.90 Å². The summed E-state index contributed by atoms with van der Waals surface area (Å²) in [6.45, 7) is 2.16. The number of rotatable bonds is 5. The zero-order chi connectivity index (χ0) is 16.3.